The van der Waals surface area contributed by atoms with Crippen LogP contribution in [0.3, 0.4) is 0 Å². The molecule has 0 amide bonds. The highest BCUT2D eigenvalue weighted by Gasteiger charge is 2.27. The number of anilines is 1. The number of halogens is 1. The first-order valence-electron chi connectivity index (χ1n) is 5.97. The highest BCUT2D eigenvalue weighted by molar-refractivity contribution is 9.10. The van der Waals surface area contributed by atoms with Crippen LogP contribution < -0.4 is 10.9 Å². The lowest BCUT2D eigenvalue weighted by atomic mass is 9.88. The van der Waals surface area contributed by atoms with E-state index in [2.05, 4.69) is 26.3 Å². The molecule has 0 aromatic carbocycles. The number of hydrogen-bond acceptors (Lipinski definition) is 4. The number of aryl methyl sites for hydroxylation is 1. The summed E-state index contributed by atoms with van der Waals surface area (Å²) in [5.74, 6) is 0.170. The minimum absolute atomic E-state index is 0.170. The summed E-state index contributed by atoms with van der Waals surface area (Å²) in [5, 5.41) is 17.3. The third kappa shape index (κ3) is 3.32. The zero-order chi connectivity index (χ0) is 13.9. The molecule has 0 aliphatic heterocycles. The molecule has 0 saturated heterocycles. The van der Waals surface area contributed by atoms with Gasteiger partial charge in [0.15, 0.2) is 0 Å². The number of aliphatic hydroxyl groups is 1. The van der Waals surface area contributed by atoms with Crippen molar-refractivity contribution in [2.45, 2.75) is 32.8 Å². The zero-order valence-electron chi connectivity index (χ0n) is 11.2. The predicted octanol–water partition coefficient (Wildman–Crippen LogP) is 1.75. The molecule has 0 saturated carbocycles. The number of nitrogens with one attached hydrogen (secondary N) is 1. The Bertz CT molecular complexity index is 471. The first kappa shape index (κ1) is 15.2. The summed E-state index contributed by atoms with van der Waals surface area (Å²) in [5.41, 5.74) is -0.431. The SMILES string of the molecule is CCC(C)C(C)(O)CNc1cnn(C)c(=O)c1Br. The Kier molecular flexibility index (Phi) is 4.92. The fraction of sp³-hybridized carbons (Fsp3) is 0.667. The van der Waals surface area contributed by atoms with Crippen LogP contribution in [-0.4, -0.2) is 27.0 Å². The minimum atomic E-state index is -0.824. The summed E-state index contributed by atoms with van der Waals surface area (Å²) in [6, 6.07) is 0. The van der Waals surface area contributed by atoms with E-state index in [0.29, 0.717) is 16.7 Å². The van der Waals surface area contributed by atoms with Crippen LogP contribution in [0, 0.1) is 5.92 Å². The molecule has 1 rings (SSSR count). The Morgan fingerprint density at radius 3 is 2.83 bits per heavy atom. The van der Waals surface area contributed by atoms with E-state index in [-0.39, 0.29) is 11.5 Å². The third-order valence-corrected chi connectivity index (χ3v) is 4.16. The summed E-state index contributed by atoms with van der Waals surface area (Å²) in [7, 11) is 1.59. The van der Waals surface area contributed by atoms with Crippen molar-refractivity contribution < 1.29 is 5.11 Å². The van der Waals surface area contributed by atoms with Crippen molar-refractivity contribution in [3.05, 3.63) is 21.0 Å². The molecule has 0 aliphatic rings. The molecule has 1 aromatic heterocycles. The second-order valence-corrected chi connectivity index (χ2v) is 5.61. The normalized spacial score (nSPS) is 16.1. The summed E-state index contributed by atoms with van der Waals surface area (Å²) in [4.78, 5) is 11.7. The number of hydrogen-bond donors (Lipinski definition) is 2. The quantitative estimate of drug-likeness (QED) is 0.868. The molecule has 1 heterocycles. The van der Waals surface area contributed by atoms with Crippen LogP contribution in [0.4, 0.5) is 5.69 Å². The first-order valence-corrected chi connectivity index (χ1v) is 6.77. The van der Waals surface area contributed by atoms with E-state index < -0.39 is 5.60 Å². The lowest BCUT2D eigenvalue weighted by Gasteiger charge is -2.30. The van der Waals surface area contributed by atoms with Crippen molar-refractivity contribution in [2.24, 2.45) is 13.0 Å². The molecule has 0 radical (unpaired) electrons. The highest BCUT2D eigenvalue weighted by Crippen LogP contribution is 2.22. The van der Waals surface area contributed by atoms with Crippen LogP contribution in [0.1, 0.15) is 27.2 Å². The molecular weight excluding hydrogens is 298 g/mol. The van der Waals surface area contributed by atoms with E-state index >= 15 is 0 Å². The lowest BCUT2D eigenvalue weighted by Crippen LogP contribution is -2.40. The van der Waals surface area contributed by atoms with Crippen molar-refractivity contribution in [3.8, 4) is 0 Å². The Morgan fingerprint density at radius 1 is 1.67 bits per heavy atom. The van der Waals surface area contributed by atoms with Crippen molar-refractivity contribution in [2.75, 3.05) is 11.9 Å². The maximum Gasteiger partial charge on any atom is 0.282 e. The predicted molar refractivity (Wildman–Crippen MR) is 75.7 cm³/mol. The lowest BCUT2D eigenvalue weighted by molar-refractivity contribution is 0.0175. The minimum Gasteiger partial charge on any atom is -0.388 e. The molecule has 5 nitrogen and oxygen atoms in total. The zero-order valence-corrected chi connectivity index (χ0v) is 12.8. The molecule has 2 unspecified atom stereocenters. The van der Waals surface area contributed by atoms with Crippen molar-refractivity contribution in [1.82, 2.24) is 9.78 Å². The van der Waals surface area contributed by atoms with Gasteiger partial charge in [0.1, 0.15) is 4.47 Å². The van der Waals surface area contributed by atoms with Crippen LogP contribution in [-0.2, 0) is 7.05 Å². The maximum atomic E-state index is 11.7. The molecule has 0 fully saturated rings. The van der Waals surface area contributed by atoms with Crippen LogP contribution in [0.15, 0.2) is 15.5 Å². The molecule has 18 heavy (non-hydrogen) atoms. The molecule has 0 bridgehead atoms. The first-order chi connectivity index (χ1) is 8.29. The Morgan fingerprint density at radius 2 is 2.28 bits per heavy atom. The summed E-state index contributed by atoms with van der Waals surface area (Å²) < 4.78 is 1.68. The summed E-state index contributed by atoms with van der Waals surface area (Å²) in [6.07, 6.45) is 2.46. The van der Waals surface area contributed by atoms with Gasteiger partial charge < -0.3 is 10.4 Å². The largest absolute Gasteiger partial charge is 0.388 e. The average Bonchev–Trinajstić information content (AvgIpc) is 2.34. The van der Waals surface area contributed by atoms with E-state index in [1.165, 1.54) is 4.68 Å². The van der Waals surface area contributed by atoms with Crippen LogP contribution in [0.25, 0.3) is 0 Å². The number of rotatable bonds is 5. The van der Waals surface area contributed by atoms with Crippen LogP contribution >= 0.6 is 15.9 Å². The number of aromatic nitrogens is 2. The van der Waals surface area contributed by atoms with Gasteiger partial charge in [-0.05, 0) is 28.8 Å². The van der Waals surface area contributed by atoms with E-state index in [0.717, 1.165) is 6.42 Å². The van der Waals surface area contributed by atoms with E-state index in [9.17, 15) is 9.90 Å². The van der Waals surface area contributed by atoms with Gasteiger partial charge >= 0.3 is 0 Å². The van der Waals surface area contributed by atoms with Gasteiger partial charge in [0.05, 0.1) is 17.5 Å². The average molecular weight is 318 g/mol. The standard InChI is InChI=1S/C12H20BrN3O2/c1-5-8(2)12(3,18)7-14-9-6-15-16(4)11(17)10(9)13/h6,8,14,18H,5,7H2,1-4H3. The molecular formula is C12H20BrN3O2. The summed E-state index contributed by atoms with van der Waals surface area (Å²) in [6.45, 7) is 6.19. The molecule has 0 spiro atoms. The second kappa shape index (κ2) is 5.84. The van der Waals surface area contributed by atoms with Gasteiger partial charge in [-0.1, -0.05) is 20.3 Å². The van der Waals surface area contributed by atoms with Gasteiger partial charge in [-0.2, -0.15) is 5.10 Å². The van der Waals surface area contributed by atoms with E-state index in [1.54, 1.807) is 20.2 Å². The Labute approximate surface area is 115 Å². The monoisotopic (exact) mass is 317 g/mol. The molecule has 1 aromatic rings. The van der Waals surface area contributed by atoms with Crippen LogP contribution in [0.2, 0.25) is 0 Å². The third-order valence-electron chi connectivity index (χ3n) is 3.39. The van der Waals surface area contributed by atoms with Crippen molar-refractivity contribution in [1.29, 1.82) is 0 Å². The van der Waals surface area contributed by atoms with E-state index in [1.807, 2.05) is 13.8 Å². The number of nitrogens with zero attached hydrogens (tertiary/aromatic N) is 2. The van der Waals surface area contributed by atoms with Gasteiger partial charge in [0.25, 0.3) is 5.56 Å². The second-order valence-electron chi connectivity index (χ2n) is 4.82. The molecule has 2 atom stereocenters. The van der Waals surface area contributed by atoms with Gasteiger partial charge in [0.2, 0.25) is 0 Å². The molecule has 0 aliphatic carbocycles. The van der Waals surface area contributed by atoms with Crippen LogP contribution in [0.5, 0.6) is 0 Å². The topological polar surface area (TPSA) is 67.2 Å². The van der Waals surface area contributed by atoms with Crippen molar-refractivity contribution in [3.63, 3.8) is 0 Å². The van der Waals surface area contributed by atoms with E-state index in [4.69, 9.17) is 0 Å². The maximum absolute atomic E-state index is 11.7. The van der Waals surface area contributed by atoms with Gasteiger partial charge in [-0.25, -0.2) is 4.68 Å². The van der Waals surface area contributed by atoms with Gasteiger partial charge in [0, 0.05) is 13.6 Å². The smallest absolute Gasteiger partial charge is 0.282 e. The molecule has 2 N–H and O–H groups in total. The van der Waals surface area contributed by atoms with Gasteiger partial charge in [-0.15, -0.1) is 0 Å². The highest BCUT2D eigenvalue weighted by atomic mass is 79.9. The fourth-order valence-corrected chi connectivity index (χ4v) is 2.02. The van der Waals surface area contributed by atoms with Crippen molar-refractivity contribution >= 4 is 21.6 Å². The molecule has 102 valence electrons. The molecule has 6 heteroatoms. The fourth-order valence-electron chi connectivity index (χ4n) is 1.52. The summed E-state index contributed by atoms with van der Waals surface area (Å²) >= 11 is 3.24. The Balaban J connectivity index is 2.82. The van der Waals surface area contributed by atoms with Gasteiger partial charge in [-0.3, -0.25) is 4.79 Å². The Hall–Kier alpha value is -0.880.